The molecular formula is C13H26N2. The molecule has 2 heteroatoms. The van der Waals surface area contributed by atoms with Gasteiger partial charge in [0.2, 0.25) is 0 Å². The van der Waals surface area contributed by atoms with Crippen LogP contribution < -0.4 is 5.73 Å². The third kappa shape index (κ3) is 2.54. The minimum atomic E-state index is 0.465. The fraction of sp³-hybridized carbons (Fsp3) is 1.00. The Bertz CT molecular complexity index is 199. The Balaban J connectivity index is 1.91. The Labute approximate surface area is 94.2 Å². The number of nitrogens with two attached hydrogens (primary N) is 1. The monoisotopic (exact) mass is 210 g/mol. The van der Waals surface area contributed by atoms with Crippen LogP contribution in [0.3, 0.4) is 0 Å². The van der Waals surface area contributed by atoms with Gasteiger partial charge in [0, 0.05) is 24.7 Å². The lowest BCUT2D eigenvalue weighted by atomic mass is 9.76. The summed E-state index contributed by atoms with van der Waals surface area (Å²) < 4.78 is 0. The van der Waals surface area contributed by atoms with Crippen molar-refractivity contribution in [1.29, 1.82) is 0 Å². The summed E-state index contributed by atoms with van der Waals surface area (Å²) in [7, 11) is 0. The quantitative estimate of drug-likeness (QED) is 0.720. The number of hydrogen-bond acceptors (Lipinski definition) is 2. The Morgan fingerprint density at radius 3 is 2.13 bits per heavy atom. The van der Waals surface area contributed by atoms with Crippen molar-refractivity contribution in [2.45, 2.75) is 64.0 Å². The minimum absolute atomic E-state index is 0.465. The maximum Gasteiger partial charge on any atom is 0.0181 e. The number of hydrogen-bond donors (Lipinski definition) is 1. The SMILES string of the molecule is CC1CCC(C)(N2CCC(N)CC2)CC1. The minimum Gasteiger partial charge on any atom is -0.328 e. The maximum absolute atomic E-state index is 5.97. The fourth-order valence-electron chi connectivity index (χ4n) is 3.14. The van der Waals surface area contributed by atoms with E-state index in [0.29, 0.717) is 11.6 Å². The summed E-state index contributed by atoms with van der Waals surface area (Å²) in [4.78, 5) is 2.71. The van der Waals surface area contributed by atoms with E-state index in [1.165, 1.54) is 51.6 Å². The molecule has 1 aliphatic carbocycles. The molecule has 0 aromatic heterocycles. The van der Waals surface area contributed by atoms with Gasteiger partial charge in [-0.1, -0.05) is 6.92 Å². The normalized spacial score (nSPS) is 40.6. The largest absolute Gasteiger partial charge is 0.328 e. The second kappa shape index (κ2) is 4.42. The average molecular weight is 210 g/mol. The van der Waals surface area contributed by atoms with Crippen molar-refractivity contribution in [2.75, 3.05) is 13.1 Å². The Hall–Kier alpha value is -0.0800. The van der Waals surface area contributed by atoms with Gasteiger partial charge in [-0.15, -0.1) is 0 Å². The van der Waals surface area contributed by atoms with E-state index in [9.17, 15) is 0 Å². The smallest absolute Gasteiger partial charge is 0.0181 e. The first-order chi connectivity index (χ1) is 7.10. The molecule has 0 radical (unpaired) electrons. The Morgan fingerprint density at radius 2 is 1.60 bits per heavy atom. The molecule has 2 aliphatic rings. The molecule has 1 saturated carbocycles. The molecule has 0 aromatic rings. The summed E-state index contributed by atoms with van der Waals surface area (Å²) >= 11 is 0. The lowest BCUT2D eigenvalue weighted by Crippen LogP contribution is -2.53. The second-order valence-electron chi connectivity index (χ2n) is 6.00. The molecule has 0 unspecified atom stereocenters. The molecule has 1 heterocycles. The van der Waals surface area contributed by atoms with Gasteiger partial charge in [0.05, 0.1) is 0 Å². The first-order valence-electron chi connectivity index (χ1n) is 6.61. The van der Waals surface area contributed by atoms with E-state index in [1.807, 2.05) is 0 Å². The highest BCUT2D eigenvalue weighted by molar-refractivity contribution is 4.92. The molecule has 0 amide bonds. The van der Waals surface area contributed by atoms with Crippen molar-refractivity contribution in [2.24, 2.45) is 11.7 Å². The van der Waals surface area contributed by atoms with Crippen molar-refractivity contribution in [1.82, 2.24) is 4.90 Å². The van der Waals surface area contributed by atoms with Gasteiger partial charge >= 0.3 is 0 Å². The molecule has 0 spiro atoms. The van der Waals surface area contributed by atoms with Crippen LogP contribution in [-0.2, 0) is 0 Å². The van der Waals surface area contributed by atoms with E-state index in [0.717, 1.165) is 5.92 Å². The van der Waals surface area contributed by atoms with Crippen LogP contribution in [-0.4, -0.2) is 29.6 Å². The highest BCUT2D eigenvalue weighted by Crippen LogP contribution is 2.37. The highest BCUT2D eigenvalue weighted by Gasteiger charge is 2.36. The number of piperidine rings is 1. The molecule has 0 bridgehead atoms. The van der Waals surface area contributed by atoms with Gasteiger partial charge in [-0.25, -0.2) is 0 Å². The van der Waals surface area contributed by atoms with E-state index in [-0.39, 0.29) is 0 Å². The summed E-state index contributed by atoms with van der Waals surface area (Å²) in [6, 6.07) is 0.465. The van der Waals surface area contributed by atoms with Crippen LogP contribution in [0.1, 0.15) is 52.4 Å². The molecule has 1 saturated heterocycles. The lowest BCUT2D eigenvalue weighted by molar-refractivity contribution is 0.0335. The van der Waals surface area contributed by atoms with E-state index < -0.39 is 0 Å². The molecule has 1 aliphatic heterocycles. The van der Waals surface area contributed by atoms with Crippen LogP contribution in [0.2, 0.25) is 0 Å². The van der Waals surface area contributed by atoms with Crippen LogP contribution in [0.15, 0.2) is 0 Å². The predicted molar refractivity (Wildman–Crippen MR) is 64.8 cm³/mol. The third-order valence-electron chi connectivity index (χ3n) is 4.65. The molecule has 0 aromatic carbocycles. The Morgan fingerprint density at radius 1 is 1.07 bits per heavy atom. The van der Waals surface area contributed by atoms with Gasteiger partial charge in [0.25, 0.3) is 0 Å². The van der Waals surface area contributed by atoms with Crippen LogP contribution in [0.25, 0.3) is 0 Å². The fourth-order valence-corrected chi connectivity index (χ4v) is 3.14. The second-order valence-corrected chi connectivity index (χ2v) is 6.00. The summed E-state index contributed by atoms with van der Waals surface area (Å²) in [6.45, 7) is 7.32. The third-order valence-corrected chi connectivity index (χ3v) is 4.65. The van der Waals surface area contributed by atoms with Gasteiger partial charge in [-0.3, -0.25) is 4.90 Å². The van der Waals surface area contributed by atoms with Crippen molar-refractivity contribution in [3.63, 3.8) is 0 Å². The summed E-state index contributed by atoms with van der Waals surface area (Å²) in [5, 5.41) is 0. The maximum atomic E-state index is 5.97. The van der Waals surface area contributed by atoms with Crippen LogP contribution in [0.4, 0.5) is 0 Å². The zero-order valence-electron chi connectivity index (χ0n) is 10.3. The van der Waals surface area contributed by atoms with E-state index in [1.54, 1.807) is 0 Å². The predicted octanol–water partition coefficient (Wildman–Crippen LogP) is 2.38. The van der Waals surface area contributed by atoms with E-state index in [2.05, 4.69) is 18.7 Å². The van der Waals surface area contributed by atoms with Gasteiger partial charge in [-0.2, -0.15) is 0 Å². The van der Waals surface area contributed by atoms with E-state index >= 15 is 0 Å². The van der Waals surface area contributed by atoms with Crippen molar-refractivity contribution in [3.8, 4) is 0 Å². The van der Waals surface area contributed by atoms with Gasteiger partial charge in [0.15, 0.2) is 0 Å². The van der Waals surface area contributed by atoms with Gasteiger partial charge < -0.3 is 5.73 Å². The summed E-state index contributed by atoms with van der Waals surface area (Å²) in [6.07, 6.45) is 8.02. The zero-order valence-corrected chi connectivity index (χ0v) is 10.3. The molecule has 2 N–H and O–H groups in total. The highest BCUT2D eigenvalue weighted by atomic mass is 15.2. The van der Waals surface area contributed by atoms with E-state index in [4.69, 9.17) is 5.73 Å². The van der Waals surface area contributed by atoms with Crippen LogP contribution in [0, 0.1) is 5.92 Å². The molecule has 0 atom stereocenters. The average Bonchev–Trinajstić information content (AvgIpc) is 2.24. The topological polar surface area (TPSA) is 29.3 Å². The number of nitrogens with zero attached hydrogens (tertiary/aromatic N) is 1. The molecule has 2 nitrogen and oxygen atoms in total. The van der Waals surface area contributed by atoms with Crippen molar-refractivity contribution in [3.05, 3.63) is 0 Å². The molecule has 2 fully saturated rings. The number of rotatable bonds is 1. The van der Waals surface area contributed by atoms with Crippen molar-refractivity contribution < 1.29 is 0 Å². The molecule has 88 valence electrons. The van der Waals surface area contributed by atoms with Crippen molar-refractivity contribution >= 4 is 0 Å². The lowest BCUT2D eigenvalue weighted by Gasteiger charge is -2.48. The van der Waals surface area contributed by atoms with Crippen LogP contribution in [0.5, 0.6) is 0 Å². The first-order valence-corrected chi connectivity index (χ1v) is 6.61. The van der Waals surface area contributed by atoms with Gasteiger partial charge in [0.1, 0.15) is 0 Å². The molecule has 2 rings (SSSR count). The number of likely N-dealkylation sites (tertiary alicyclic amines) is 1. The van der Waals surface area contributed by atoms with Gasteiger partial charge in [-0.05, 0) is 51.4 Å². The molecule has 15 heavy (non-hydrogen) atoms. The molecular weight excluding hydrogens is 184 g/mol. The Kier molecular flexibility index (Phi) is 3.36. The summed E-state index contributed by atoms with van der Waals surface area (Å²) in [5.74, 6) is 0.949. The first kappa shape index (κ1) is 11.4. The zero-order chi connectivity index (χ0) is 10.9. The summed E-state index contributed by atoms with van der Waals surface area (Å²) in [5.41, 5.74) is 6.46. The standard InChI is InChI=1S/C13H26N2/c1-11-3-7-13(2,8-4-11)15-9-5-12(14)6-10-15/h11-12H,3-10,14H2,1-2H3. The van der Waals surface area contributed by atoms with Crippen LogP contribution >= 0.6 is 0 Å².